The van der Waals surface area contributed by atoms with Gasteiger partial charge in [-0.05, 0) is 38.5 Å². The van der Waals surface area contributed by atoms with E-state index in [1.807, 2.05) is 0 Å². The molecule has 0 aromatic carbocycles. The number of aliphatic carboxylic acids is 1. The SMILES string of the molecule is C#CC(C)NC(=O)NCC1(C(=O)O)CCC(C)CC1. The molecule has 19 heavy (non-hydrogen) atoms. The van der Waals surface area contributed by atoms with Gasteiger partial charge in [0.2, 0.25) is 0 Å². The van der Waals surface area contributed by atoms with Crippen molar-refractivity contribution < 1.29 is 14.7 Å². The van der Waals surface area contributed by atoms with Crippen LogP contribution in [-0.4, -0.2) is 29.7 Å². The average molecular weight is 266 g/mol. The first-order chi connectivity index (χ1) is 8.89. The van der Waals surface area contributed by atoms with Gasteiger partial charge in [-0.1, -0.05) is 12.8 Å². The van der Waals surface area contributed by atoms with E-state index >= 15 is 0 Å². The summed E-state index contributed by atoms with van der Waals surface area (Å²) in [4.78, 5) is 23.0. The van der Waals surface area contributed by atoms with Crippen molar-refractivity contribution in [1.82, 2.24) is 10.6 Å². The molecule has 1 aliphatic rings. The quantitative estimate of drug-likeness (QED) is 0.676. The zero-order valence-electron chi connectivity index (χ0n) is 11.5. The Labute approximate surface area is 114 Å². The molecule has 1 saturated carbocycles. The van der Waals surface area contributed by atoms with Crippen molar-refractivity contribution in [2.45, 2.75) is 45.6 Å². The molecule has 1 rings (SSSR count). The van der Waals surface area contributed by atoms with Crippen LogP contribution in [0, 0.1) is 23.7 Å². The summed E-state index contributed by atoms with van der Waals surface area (Å²) < 4.78 is 0. The van der Waals surface area contributed by atoms with E-state index in [0.29, 0.717) is 18.8 Å². The number of amides is 2. The maximum Gasteiger partial charge on any atom is 0.315 e. The van der Waals surface area contributed by atoms with Crippen molar-refractivity contribution in [3.05, 3.63) is 0 Å². The summed E-state index contributed by atoms with van der Waals surface area (Å²) in [6.45, 7) is 3.97. The van der Waals surface area contributed by atoms with Gasteiger partial charge in [0, 0.05) is 6.54 Å². The van der Waals surface area contributed by atoms with Gasteiger partial charge in [-0.15, -0.1) is 6.42 Å². The normalized spacial score (nSPS) is 27.9. The second-order valence-electron chi connectivity index (χ2n) is 5.48. The molecule has 0 spiro atoms. The molecule has 106 valence electrons. The summed E-state index contributed by atoms with van der Waals surface area (Å²) in [6.07, 6.45) is 8.14. The molecule has 0 aromatic rings. The smallest absolute Gasteiger partial charge is 0.315 e. The van der Waals surface area contributed by atoms with Crippen molar-refractivity contribution in [1.29, 1.82) is 0 Å². The highest BCUT2D eigenvalue weighted by atomic mass is 16.4. The number of hydrogen-bond donors (Lipinski definition) is 3. The van der Waals surface area contributed by atoms with Crippen LogP contribution < -0.4 is 10.6 Å². The molecule has 0 heterocycles. The molecular formula is C14H22N2O3. The minimum Gasteiger partial charge on any atom is -0.481 e. The third-order valence-electron chi connectivity index (χ3n) is 3.87. The molecule has 0 bridgehead atoms. The molecule has 2 amide bonds. The van der Waals surface area contributed by atoms with Gasteiger partial charge in [0.05, 0.1) is 11.5 Å². The summed E-state index contributed by atoms with van der Waals surface area (Å²) >= 11 is 0. The minimum atomic E-state index is -0.830. The Morgan fingerprint density at radius 1 is 1.47 bits per heavy atom. The summed E-state index contributed by atoms with van der Waals surface area (Å²) in [5.74, 6) is 2.11. The third-order valence-corrected chi connectivity index (χ3v) is 3.87. The number of hydrogen-bond acceptors (Lipinski definition) is 2. The molecule has 0 saturated heterocycles. The van der Waals surface area contributed by atoms with Crippen LogP contribution >= 0.6 is 0 Å². The fourth-order valence-electron chi connectivity index (χ4n) is 2.32. The second-order valence-corrected chi connectivity index (χ2v) is 5.48. The van der Waals surface area contributed by atoms with Crippen LogP contribution in [0.15, 0.2) is 0 Å². The minimum absolute atomic E-state index is 0.151. The molecule has 1 atom stereocenters. The first kappa shape index (κ1) is 15.4. The van der Waals surface area contributed by atoms with Crippen molar-refractivity contribution in [3.8, 4) is 12.3 Å². The number of carboxylic acid groups (broad SMARTS) is 1. The van der Waals surface area contributed by atoms with E-state index in [4.69, 9.17) is 6.42 Å². The average Bonchev–Trinajstić information content (AvgIpc) is 2.38. The molecular weight excluding hydrogens is 244 g/mol. The monoisotopic (exact) mass is 266 g/mol. The Morgan fingerprint density at radius 3 is 2.53 bits per heavy atom. The Kier molecular flexibility index (Phi) is 5.22. The van der Waals surface area contributed by atoms with E-state index in [1.54, 1.807) is 6.92 Å². The zero-order chi connectivity index (χ0) is 14.5. The van der Waals surface area contributed by atoms with E-state index in [0.717, 1.165) is 12.8 Å². The molecule has 1 unspecified atom stereocenters. The van der Waals surface area contributed by atoms with Crippen LogP contribution in [0.3, 0.4) is 0 Å². The van der Waals surface area contributed by atoms with Gasteiger partial charge in [0.25, 0.3) is 0 Å². The fourth-order valence-corrected chi connectivity index (χ4v) is 2.32. The van der Waals surface area contributed by atoms with Gasteiger partial charge in [-0.2, -0.15) is 0 Å². The van der Waals surface area contributed by atoms with E-state index < -0.39 is 17.4 Å². The summed E-state index contributed by atoms with van der Waals surface area (Å²) in [5.41, 5.74) is -0.830. The summed E-state index contributed by atoms with van der Waals surface area (Å²) in [7, 11) is 0. The van der Waals surface area contributed by atoms with Crippen LogP contribution in [0.2, 0.25) is 0 Å². The second kappa shape index (κ2) is 6.46. The largest absolute Gasteiger partial charge is 0.481 e. The van der Waals surface area contributed by atoms with Crippen molar-refractivity contribution in [2.24, 2.45) is 11.3 Å². The first-order valence-electron chi connectivity index (χ1n) is 6.63. The highest BCUT2D eigenvalue weighted by molar-refractivity contribution is 5.78. The van der Waals surface area contributed by atoms with Gasteiger partial charge in [0.1, 0.15) is 0 Å². The standard InChI is InChI=1S/C14H22N2O3/c1-4-11(3)16-13(19)15-9-14(12(17)18)7-5-10(2)6-8-14/h1,10-11H,5-9H2,2-3H3,(H,17,18)(H2,15,16,19). The Hall–Kier alpha value is -1.70. The fraction of sp³-hybridized carbons (Fsp3) is 0.714. The lowest BCUT2D eigenvalue weighted by atomic mass is 9.71. The van der Waals surface area contributed by atoms with E-state index in [1.165, 1.54) is 0 Å². The topological polar surface area (TPSA) is 78.4 Å². The number of rotatable bonds is 4. The number of terminal acetylenes is 1. The molecule has 1 aliphatic carbocycles. The predicted octanol–water partition coefficient (Wildman–Crippen LogP) is 1.59. The molecule has 0 radical (unpaired) electrons. The number of carbonyl (C=O) groups excluding carboxylic acids is 1. The molecule has 5 heteroatoms. The molecule has 1 fully saturated rings. The maximum atomic E-state index is 11.6. The first-order valence-corrected chi connectivity index (χ1v) is 6.63. The van der Waals surface area contributed by atoms with Crippen molar-refractivity contribution >= 4 is 12.0 Å². The number of nitrogens with one attached hydrogen (secondary N) is 2. The van der Waals surface area contributed by atoms with Gasteiger partial charge in [0.15, 0.2) is 0 Å². The zero-order valence-corrected chi connectivity index (χ0v) is 11.5. The van der Waals surface area contributed by atoms with E-state index in [-0.39, 0.29) is 12.6 Å². The third kappa shape index (κ3) is 4.16. The summed E-state index contributed by atoms with van der Waals surface area (Å²) in [5, 5.41) is 14.6. The van der Waals surface area contributed by atoms with Gasteiger partial charge >= 0.3 is 12.0 Å². The lowest BCUT2D eigenvalue weighted by Crippen LogP contribution is -2.49. The highest BCUT2D eigenvalue weighted by Crippen LogP contribution is 2.38. The Balaban J connectivity index is 2.54. The van der Waals surface area contributed by atoms with Crippen LogP contribution in [-0.2, 0) is 4.79 Å². The number of carbonyl (C=O) groups is 2. The molecule has 5 nitrogen and oxygen atoms in total. The van der Waals surface area contributed by atoms with E-state index in [2.05, 4.69) is 23.5 Å². The van der Waals surface area contributed by atoms with Crippen LogP contribution in [0.5, 0.6) is 0 Å². The summed E-state index contributed by atoms with van der Waals surface area (Å²) in [6, 6.07) is -0.781. The lowest BCUT2D eigenvalue weighted by molar-refractivity contribution is -0.151. The van der Waals surface area contributed by atoms with E-state index in [9.17, 15) is 14.7 Å². The van der Waals surface area contributed by atoms with Crippen LogP contribution in [0.1, 0.15) is 39.5 Å². The molecule has 0 aromatic heterocycles. The van der Waals surface area contributed by atoms with Gasteiger partial charge in [-0.25, -0.2) is 4.79 Å². The van der Waals surface area contributed by atoms with Crippen LogP contribution in [0.25, 0.3) is 0 Å². The molecule has 3 N–H and O–H groups in total. The van der Waals surface area contributed by atoms with Crippen molar-refractivity contribution in [3.63, 3.8) is 0 Å². The Morgan fingerprint density at radius 2 is 2.05 bits per heavy atom. The van der Waals surface area contributed by atoms with Gasteiger partial charge in [-0.3, -0.25) is 4.79 Å². The number of carboxylic acids is 1. The van der Waals surface area contributed by atoms with Gasteiger partial charge < -0.3 is 15.7 Å². The van der Waals surface area contributed by atoms with Crippen molar-refractivity contribution in [2.75, 3.05) is 6.54 Å². The Bertz CT molecular complexity index is 379. The predicted molar refractivity (Wildman–Crippen MR) is 72.5 cm³/mol. The van der Waals surface area contributed by atoms with Crippen LogP contribution in [0.4, 0.5) is 4.79 Å². The lowest BCUT2D eigenvalue weighted by Gasteiger charge is -2.35. The maximum absolute atomic E-state index is 11.6. The molecule has 0 aliphatic heterocycles. The number of urea groups is 1. The highest BCUT2D eigenvalue weighted by Gasteiger charge is 2.41.